The van der Waals surface area contributed by atoms with E-state index < -0.39 is 0 Å². The Morgan fingerprint density at radius 3 is 2.32 bits per heavy atom. The maximum Gasteiger partial charge on any atom is 0.251 e. The number of hydrogen-bond donors (Lipinski definition) is 1. The summed E-state index contributed by atoms with van der Waals surface area (Å²) in [7, 11) is 1.63. The lowest BCUT2D eigenvalue weighted by molar-refractivity contribution is -0.135. The molecule has 146 valence electrons. The van der Waals surface area contributed by atoms with E-state index in [0.717, 1.165) is 37.0 Å². The number of amides is 2. The Morgan fingerprint density at radius 1 is 1.07 bits per heavy atom. The molecule has 2 saturated heterocycles. The summed E-state index contributed by atoms with van der Waals surface area (Å²) < 4.78 is 5.18. The number of methoxy groups -OCH3 is 1. The number of ether oxygens (including phenoxy) is 1. The molecular weight excluding hydrogens is 354 g/mol. The standard InChI is InChI=1S/C22H25N3O3/c1-28-20-6-2-15(3-7-20)12-21(26)25-18-4-5-19(25)14-17(13-18)24-22(27)16-8-10-23-11-9-16/h2-3,6-11,17-19H,4-5,12-14H2,1H3,(H,24,27). The van der Waals surface area contributed by atoms with E-state index in [1.165, 1.54) is 0 Å². The van der Waals surface area contributed by atoms with Gasteiger partial charge in [-0.3, -0.25) is 14.6 Å². The van der Waals surface area contributed by atoms with Gasteiger partial charge in [0.05, 0.1) is 13.5 Å². The van der Waals surface area contributed by atoms with Crippen LogP contribution in [-0.4, -0.2) is 46.9 Å². The second-order valence-electron chi connectivity index (χ2n) is 7.59. The summed E-state index contributed by atoms with van der Waals surface area (Å²) in [5.41, 5.74) is 1.62. The largest absolute Gasteiger partial charge is 0.497 e. The number of piperidine rings is 1. The highest BCUT2D eigenvalue weighted by Gasteiger charge is 2.43. The van der Waals surface area contributed by atoms with Crippen molar-refractivity contribution in [1.29, 1.82) is 0 Å². The van der Waals surface area contributed by atoms with Crippen molar-refractivity contribution in [3.8, 4) is 5.75 Å². The van der Waals surface area contributed by atoms with Crippen LogP contribution in [0.25, 0.3) is 0 Å². The third-order valence-corrected chi connectivity index (χ3v) is 5.81. The molecule has 6 heteroatoms. The zero-order chi connectivity index (χ0) is 19.5. The molecule has 0 aliphatic carbocycles. The summed E-state index contributed by atoms with van der Waals surface area (Å²) in [4.78, 5) is 31.4. The van der Waals surface area contributed by atoms with E-state index in [2.05, 4.69) is 15.2 Å². The Morgan fingerprint density at radius 2 is 1.71 bits per heavy atom. The van der Waals surface area contributed by atoms with Crippen LogP contribution in [0.15, 0.2) is 48.8 Å². The fraction of sp³-hybridized carbons (Fsp3) is 0.409. The van der Waals surface area contributed by atoms with Gasteiger partial charge in [-0.2, -0.15) is 0 Å². The highest BCUT2D eigenvalue weighted by atomic mass is 16.5. The van der Waals surface area contributed by atoms with Gasteiger partial charge in [0.15, 0.2) is 0 Å². The first-order valence-corrected chi connectivity index (χ1v) is 9.79. The van der Waals surface area contributed by atoms with Gasteiger partial charge in [-0.05, 0) is 55.5 Å². The molecule has 1 aromatic carbocycles. The predicted octanol–water partition coefficient (Wildman–Crippen LogP) is 2.58. The van der Waals surface area contributed by atoms with Gasteiger partial charge in [0.1, 0.15) is 5.75 Å². The molecule has 2 unspecified atom stereocenters. The maximum atomic E-state index is 12.9. The van der Waals surface area contributed by atoms with Crippen molar-refractivity contribution >= 4 is 11.8 Å². The smallest absolute Gasteiger partial charge is 0.251 e. The number of nitrogens with one attached hydrogen (secondary N) is 1. The first-order valence-electron chi connectivity index (χ1n) is 9.79. The van der Waals surface area contributed by atoms with Crippen LogP contribution < -0.4 is 10.1 Å². The highest BCUT2D eigenvalue weighted by molar-refractivity contribution is 5.94. The van der Waals surface area contributed by atoms with Gasteiger partial charge in [0.2, 0.25) is 5.91 Å². The average Bonchev–Trinajstić information content (AvgIpc) is 3.00. The van der Waals surface area contributed by atoms with Crippen molar-refractivity contribution in [3.63, 3.8) is 0 Å². The van der Waals surface area contributed by atoms with Crippen molar-refractivity contribution in [2.45, 2.75) is 50.2 Å². The molecule has 1 aromatic heterocycles. The first-order chi connectivity index (χ1) is 13.6. The van der Waals surface area contributed by atoms with E-state index in [9.17, 15) is 9.59 Å². The van der Waals surface area contributed by atoms with Crippen molar-refractivity contribution in [1.82, 2.24) is 15.2 Å². The van der Waals surface area contributed by atoms with Crippen molar-refractivity contribution in [2.24, 2.45) is 0 Å². The van der Waals surface area contributed by atoms with E-state index in [-0.39, 0.29) is 29.9 Å². The molecule has 0 spiro atoms. The van der Waals surface area contributed by atoms with Crippen LogP contribution in [0.1, 0.15) is 41.6 Å². The van der Waals surface area contributed by atoms with Gasteiger partial charge in [-0.1, -0.05) is 12.1 Å². The van der Waals surface area contributed by atoms with Crippen molar-refractivity contribution < 1.29 is 14.3 Å². The number of fused-ring (bicyclic) bond motifs is 2. The number of rotatable bonds is 5. The van der Waals surface area contributed by atoms with Crippen LogP contribution in [0.5, 0.6) is 5.75 Å². The molecular formula is C22H25N3O3. The lowest BCUT2D eigenvalue weighted by atomic mass is 9.96. The molecule has 1 N–H and O–H groups in total. The normalized spacial score (nSPS) is 23.3. The van der Waals surface area contributed by atoms with Gasteiger partial charge in [-0.15, -0.1) is 0 Å². The number of hydrogen-bond acceptors (Lipinski definition) is 4. The molecule has 2 fully saturated rings. The molecule has 2 aromatic rings. The summed E-state index contributed by atoms with van der Waals surface area (Å²) in [6.07, 6.45) is 7.33. The van der Waals surface area contributed by atoms with Crippen LogP contribution in [-0.2, 0) is 11.2 Å². The van der Waals surface area contributed by atoms with Crippen LogP contribution in [0.2, 0.25) is 0 Å². The number of pyridine rings is 1. The van der Waals surface area contributed by atoms with Crippen LogP contribution in [0, 0.1) is 0 Å². The number of aromatic nitrogens is 1. The van der Waals surface area contributed by atoms with Gasteiger partial charge >= 0.3 is 0 Å². The van der Waals surface area contributed by atoms with E-state index in [1.54, 1.807) is 31.6 Å². The van der Waals surface area contributed by atoms with E-state index in [4.69, 9.17) is 4.74 Å². The van der Waals surface area contributed by atoms with Gasteiger partial charge in [0.25, 0.3) is 5.91 Å². The number of nitrogens with zero attached hydrogens (tertiary/aromatic N) is 2. The van der Waals surface area contributed by atoms with Crippen LogP contribution >= 0.6 is 0 Å². The SMILES string of the molecule is COc1ccc(CC(=O)N2C3CCC2CC(NC(=O)c2ccncc2)C3)cc1. The minimum Gasteiger partial charge on any atom is -0.497 e. The summed E-state index contributed by atoms with van der Waals surface area (Å²) in [6, 6.07) is 11.6. The Bertz CT molecular complexity index is 824. The number of carbonyl (C=O) groups is 2. The van der Waals surface area contributed by atoms with E-state index >= 15 is 0 Å². The molecule has 2 bridgehead atoms. The minimum absolute atomic E-state index is 0.0650. The van der Waals surface area contributed by atoms with Crippen LogP contribution in [0.3, 0.4) is 0 Å². The minimum atomic E-state index is -0.0650. The molecule has 2 aliphatic rings. The Balaban J connectivity index is 1.36. The molecule has 2 amide bonds. The first kappa shape index (κ1) is 18.5. The zero-order valence-corrected chi connectivity index (χ0v) is 16.0. The lowest BCUT2D eigenvalue weighted by Gasteiger charge is -2.39. The summed E-state index contributed by atoms with van der Waals surface area (Å²) >= 11 is 0. The molecule has 28 heavy (non-hydrogen) atoms. The highest BCUT2D eigenvalue weighted by Crippen LogP contribution is 2.36. The molecule has 2 aliphatic heterocycles. The predicted molar refractivity (Wildman–Crippen MR) is 105 cm³/mol. The van der Waals surface area contributed by atoms with Crippen LogP contribution in [0.4, 0.5) is 0 Å². The number of carbonyl (C=O) groups excluding carboxylic acids is 2. The van der Waals surface area contributed by atoms with E-state index in [0.29, 0.717) is 12.0 Å². The molecule has 0 saturated carbocycles. The number of benzene rings is 1. The third-order valence-electron chi connectivity index (χ3n) is 5.81. The van der Waals surface area contributed by atoms with Crippen molar-refractivity contribution in [3.05, 3.63) is 59.9 Å². The fourth-order valence-electron chi connectivity index (χ4n) is 4.48. The topological polar surface area (TPSA) is 71.5 Å². The average molecular weight is 379 g/mol. The molecule has 6 nitrogen and oxygen atoms in total. The Labute approximate surface area is 164 Å². The second kappa shape index (κ2) is 8.00. The molecule has 2 atom stereocenters. The summed E-state index contributed by atoms with van der Waals surface area (Å²) in [6.45, 7) is 0. The monoisotopic (exact) mass is 379 g/mol. The lowest BCUT2D eigenvalue weighted by Crippen LogP contribution is -2.52. The maximum absolute atomic E-state index is 12.9. The van der Waals surface area contributed by atoms with E-state index in [1.807, 2.05) is 24.3 Å². The molecule has 0 radical (unpaired) electrons. The molecule has 4 rings (SSSR count). The quantitative estimate of drug-likeness (QED) is 0.867. The Hall–Kier alpha value is -2.89. The second-order valence-corrected chi connectivity index (χ2v) is 7.59. The summed E-state index contributed by atoms with van der Waals surface area (Å²) in [5.74, 6) is 0.906. The molecule has 3 heterocycles. The third kappa shape index (κ3) is 3.86. The fourth-order valence-corrected chi connectivity index (χ4v) is 4.48. The zero-order valence-electron chi connectivity index (χ0n) is 16.0. The summed E-state index contributed by atoms with van der Waals surface area (Å²) in [5, 5.41) is 3.14. The van der Waals surface area contributed by atoms with Gasteiger partial charge in [0, 0.05) is 36.1 Å². The van der Waals surface area contributed by atoms with Gasteiger partial charge < -0.3 is 15.0 Å². The van der Waals surface area contributed by atoms with Crippen molar-refractivity contribution in [2.75, 3.05) is 7.11 Å². The Kier molecular flexibility index (Phi) is 5.28. The van der Waals surface area contributed by atoms with Gasteiger partial charge in [-0.25, -0.2) is 0 Å².